The fourth-order valence-corrected chi connectivity index (χ4v) is 4.15. The number of hydrogen-bond donors (Lipinski definition) is 1. The molecule has 0 aliphatic carbocycles. The Labute approximate surface area is 196 Å². The van der Waals surface area contributed by atoms with Crippen molar-refractivity contribution in [3.63, 3.8) is 0 Å². The molecule has 0 spiro atoms. The van der Waals surface area contributed by atoms with Crippen LogP contribution >= 0.6 is 58.0 Å². The first kappa shape index (κ1) is 22.7. The number of ether oxygens (including phenoxy) is 1. The molecule has 3 rings (SSSR count). The summed E-state index contributed by atoms with van der Waals surface area (Å²) in [6, 6.07) is 15.9. The molecule has 4 nitrogen and oxygen atoms in total. The summed E-state index contributed by atoms with van der Waals surface area (Å²) < 4.78 is 5.42. The molecule has 1 N–H and O–H groups in total. The highest BCUT2D eigenvalue weighted by molar-refractivity contribution is 6.55. The molecule has 0 unspecified atom stereocenters. The Kier molecular flexibility index (Phi) is 6.85. The lowest BCUT2D eigenvalue weighted by atomic mass is 9.74. The smallest absolute Gasteiger partial charge is 0.338 e. The SMILES string of the molecule is O=C(O)C(C(=O)Oc1c(Cl)c(Cl)c(Cl)c(Cl)c1Cl)(c1ccccc1)c1ccccc1. The second-order valence-corrected chi connectivity index (χ2v) is 7.97. The molecule has 0 atom stereocenters. The van der Waals surface area contributed by atoms with E-state index >= 15 is 0 Å². The molecule has 0 aromatic heterocycles. The van der Waals surface area contributed by atoms with Crippen LogP contribution in [0.15, 0.2) is 60.7 Å². The van der Waals surface area contributed by atoms with Crippen molar-refractivity contribution in [2.24, 2.45) is 0 Å². The summed E-state index contributed by atoms with van der Waals surface area (Å²) in [5, 5.41) is 9.19. The van der Waals surface area contributed by atoms with E-state index in [9.17, 15) is 14.7 Å². The molecule has 3 aromatic rings. The second kappa shape index (κ2) is 9.04. The number of halogens is 5. The lowest BCUT2D eigenvalue weighted by molar-refractivity contribution is -0.153. The van der Waals surface area contributed by atoms with Crippen molar-refractivity contribution in [2.45, 2.75) is 5.41 Å². The number of carboxylic acid groups (broad SMARTS) is 1. The van der Waals surface area contributed by atoms with E-state index in [2.05, 4.69) is 0 Å². The first-order valence-corrected chi connectivity index (χ1v) is 10.2. The Bertz CT molecular complexity index is 1050. The minimum atomic E-state index is -2.21. The number of esters is 1. The van der Waals surface area contributed by atoms with Crippen molar-refractivity contribution in [3.05, 3.63) is 96.9 Å². The fourth-order valence-electron chi connectivity index (χ4n) is 2.96. The van der Waals surface area contributed by atoms with Gasteiger partial charge >= 0.3 is 11.9 Å². The fraction of sp³-hybridized carbons (Fsp3) is 0.0476. The second-order valence-electron chi connectivity index (χ2n) is 6.08. The Hall–Kier alpha value is -1.95. The first-order valence-electron chi connectivity index (χ1n) is 8.31. The van der Waals surface area contributed by atoms with Gasteiger partial charge in [-0.05, 0) is 11.1 Å². The third kappa shape index (κ3) is 3.75. The average Bonchev–Trinajstić information content (AvgIpc) is 2.76. The molecule has 0 radical (unpaired) electrons. The van der Waals surface area contributed by atoms with Gasteiger partial charge in [0.1, 0.15) is 10.0 Å². The zero-order valence-corrected chi connectivity index (χ0v) is 18.6. The zero-order chi connectivity index (χ0) is 22.1. The number of benzene rings is 3. The Morgan fingerprint density at radius 3 is 1.40 bits per heavy atom. The van der Waals surface area contributed by atoms with Gasteiger partial charge in [0.05, 0.1) is 15.1 Å². The molecule has 0 aliphatic heterocycles. The van der Waals surface area contributed by atoms with Gasteiger partial charge in [-0.25, -0.2) is 4.79 Å². The van der Waals surface area contributed by atoms with Gasteiger partial charge in [-0.3, -0.25) is 4.79 Å². The molecule has 9 heteroatoms. The maximum atomic E-state index is 13.4. The summed E-state index contributed by atoms with van der Waals surface area (Å²) in [5.41, 5.74) is -1.87. The van der Waals surface area contributed by atoms with Gasteiger partial charge in [-0.15, -0.1) is 0 Å². The van der Waals surface area contributed by atoms with E-state index in [1.54, 1.807) is 36.4 Å². The first-order chi connectivity index (χ1) is 14.2. The largest absolute Gasteiger partial charge is 0.480 e. The van der Waals surface area contributed by atoms with E-state index in [1.165, 1.54) is 24.3 Å². The van der Waals surface area contributed by atoms with Crippen molar-refractivity contribution < 1.29 is 19.4 Å². The Balaban J connectivity index is 2.25. The molecule has 0 saturated carbocycles. The summed E-state index contributed by atoms with van der Waals surface area (Å²) in [6.45, 7) is 0. The van der Waals surface area contributed by atoms with Crippen molar-refractivity contribution in [1.29, 1.82) is 0 Å². The van der Waals surface area contributed by atoms with E-state index in [0.717, 1.165) is 0 Å². The normalized spacial score (nSPS) is 11.2. The predicted octanol–water partition coefficient (Wildman–Crippen LogP) is 6.93. The van der Waals surface area contributed by atoms with Gasteiger partial charge < -0.3 is 9.84 Å². The van der Waals surface area contributed by atoms with E-state index in [1.807, 2.05) is 0 Å². The third-order valence-electron chi connectivity index (χ3n) is 4.40. The number of rotatable bonds is 5. The molecular formula is C21H11Cl5O4. The molecule has 0 heterocycles. The predicted molar refractivity (Wildman–Crippen MR) is 118 cm³/mol. The topological polar surface area (TPSA) is 63.6 Å². The van der Waals surface area contributed by atoms with Crippen LogP contribution in [0, 0.1) is 0 Å². The van der Waals surface area contributed by atoms with Crippen LogP contribution < -0.4 is 4.74 Å². The maximum absolute atomic E-state index is 13.4. The molecule has 0 saturated heterocycles. The number of hydrogen-bond acceptors (Lipinski definition) is 3. The van der Waals surface area contributed by atoms with Gasteiger partial charge in [0.25, 0.3) is 0 Å². The molecule has 154 valence electrons. The van der Waals surface area contributed by atoms with Gasteiger partial charge in [-0.1, -0.05) is 119 Å². The monoisotopic (exact) mass is 502 g/mol. The molecule has 0 bridgehead atoms. The van der Waals surface area contributed by atoms with Crippen LogP contribution in [-0.4, -0.2) is 17.0 Å². The number of carboxylic acids is 1. The van der Waals surface area contributed by atoms with Gasteiger partial charge in [0, 0.05) is 0 Å². The van der Waals surface area contributed by atoms with E-state index < -0.39 is 17.4 Å². The Morgan fingerprint density at radius 1 is 0.667 bits per heavy atom. The van der Waals surface area contributed by atoms with Crippen molar-refractivity contribution in [2.75, 3.05) is 0 Å². The summed E-state index contributed by atoms with van der Waals surface area (Å²) in [4.78, 5) is 26.0. The standard InChI is InChI=1S/C21H11Cl5O4/c22-13-14(23)16(25)18(17(26)15(13)24)30-20(29)21(19(27)28,11-7-3-1-4-8-11)12-9-5-2-6-10-12/h1-10H,(H,27,28). The molecule has 0 amide bonds. The minimum absolute atomic E-state index is 0.122. The highest BCUT2D eigenvalue weighted by Gasteiger charge is 2.52. The van der Waals surface area contributed by atoms with Crippen LogP contribution in [0.3, 0.4) is 0 Å². The third-order valence-corrected chi connectivity index (χ3v) is 6.65. The van der Waals surface area contributed by atoms with Gasteiger partial charge in [-0.2, -0.15) is 0 Å². The van der Waals surface area contributed by atoms with Crippen LogP contribution in [0.25, 0.3) is 0 Å². The van der Waals surface area contributed by atoms with Crippen LogP contribution in [0.2, 0.25) is 25.1 Å². The molecule has 0 aliphatic rings. The van der Waals surface area contributed by atoms with E-state index in [4.69, 9.17) is 62.7 Å². The Morgan fingerprint density at radius 2 is 1.03 bits per heavy atom. The minimum Gasteiger partial charge on any atom is -0.480 e. The molecular weight excluding hydrogens is 493 g/mol. The summed E-state index contributed by atoms with van der Waals surface area (Å²) in [7, 11) is 0. The van der Waals surface area contributed by atoms with Crippen LogP contribution in [0.1, 0.15) is 11.1 Å². The van der Waals surface area contributed by atoms with Crippen molar-refractivity contribution in [1.82, 2.24) is 0 Å². The highest BCUT2D eigenvalue weighted by atomic mass is 35.5. The number of carbonyl (C=O) groups is 2. The van der Waals surface area contributed by atoms with Crippen molar-refractivity contribution >= 4 is 69.9 Å². The van der Waals surface area contributed by atoms with E-state index in [0.29, 0.717) is 0 Å². The average molecular weight is 505 g/mol. The van der Waals surface area contributed by atoms with Crippen LogP contribution in [-0.2, 0) is 15.0 Å². The summed E-state index contributed by atoms with van der Waals surface area (Å²) in [5.74, 6) is -3.01. The lowest BCUT2D eigenvalue weighted by Gasteiger charge is -2.28. The zero-order valence-electron chi connectivity index (χ0n) is 14.8. The number of aliphatic carboxylic acids is 1. The van der Waals surface area contributed by atoms with Gasteiger partial charge in [0.15, 0.2) is 5.75 Å². The van der Waals surface area contributed by atoms with Gasteiger partial charge in [0.2, 0.25) is 5.41 Å². The van der Waals surface area contributed by atoms with Crippen LogP contribution in [0.5, 0.6) is 5.75 Å². The number of carbonyl (C=O) groups excluding carboxylic acids is 1. The lowest BCUT2D eigenvalue weighted by Crippen LogP contribution is -2.47. The van der Waals surface area contributed by atoms with Crippen LogP contribution in [0.4, 0.5) is 0 Å². The quantitative estimate of drug-likeness (QED) is 0.135. The van der Waals surface area contributed by atoms with Crippen molar-refractivity contribution in [3.8, 4) is 5.75 Å². The molecule has 30 heavy (non-hydrogen) atoms. The maximum Gasteiger partial charge on any atom is 0.338 e. The highest BCUT2D eigenvalue weighted by Crippen LogP contribution is 2.49. The summed E-state index contributed by atoms with van der Waals surface area (Å²) in [6.07, 6.45) is 0. The summed E-state index contributed by atoms with van der Waals surface area (Å²) >= 11 is 30.4. The molecule has 0 fully saturated rings. The molecule has 3 aromatic carbocycles. The van der Waals surface area contributed by atoms with E-state index in [-0.39, 0.29) is 42.0 Å².